The van der Waals surface area contributed by atoms with Crippen LogP contribution in [-0.2, 0) is 9.53 Å². The molecule has 0 unspecified atom stereocenters. The first-order valence-corrected chi connectivity index (χ1v) is 4.88. The van der Waals surface area contributed by atoms with Gasteiger partial charge >= 0.3 is 11.7 Å². The van der Waals surface area contributed by atoms with Gasteiger partial charge in [0.2, 0.25) is 5.82 Å². The summed E-state index contributed by atoms with van der Waals surface area (Å²) in [6.07, 6.45) is -0.664. The zero-order valence-electron chi connectivity index (χ0n) is 8.55. The number of rotatable bonds is 2. The van der Waals surface area contributed by atoms with Crippen LogP contribution in [0.5, 0.6) is 0 Å². The smallest absolute Gasteiger partial charge is 0.332 e. The number of carbonyl (C=O) groups is 1. The monoisotopic (exact) mass is 244 g/mol. The lowest BCUT2D eigenvalue weighted by Gasteiger charge is -2.13. The Kier molecular flexibility index (Phi) is 2.80. The van der Waals surface area contributed by atoms with E-state index in [0.717, 1.165) is 10.8 Å². The standard InChI is InChI=1S/C9H9FN2O5/c10-4-3-12(9(16)11-7(4)13)6-2-1-5(17-6)8(14)15/h3,5-6H,1-2H2,(H,14,15)(H,11,13,16)/t5-,6-/m0/s1. The van der Waals surface area contributed by atoms with Gasteiger partial charge in [-0.1, -0.05) is 0 Å². The minimum Gasteiger partial charge on any atom is -0.479 e. The predicted molar refractivity (Wildman–Crippen MR) is 52.1 cm³/mol. The van der Waals surface area contributed by atoms with Gasteiger partial charge in [0.25, 0.3) is 5.56 Å². The van der Waals surface area contributed by atoms with E-state index in [2.05, 4.69) is 0 Å². The minimum atomic E-state index is -1.13. The molecule has 8 heteroatoms. The molecule has 1 fully saturated rings. The Hall–Kier alpha value is -1.96. The summed E-state index contributed by atoms with van der Waals surface area (Å²) in [7, 11) is 0. The van der Waals surface area contributed by atoms with Gasteiger partial charge in [-0.2, -0.15) is 4.39 Å². The Balaban J connectivity index is 2.31. The molecule has 1 aliphatic rings. The van der Waals surface area contributed by atoms with Crippen LogP contribution in [0.15, 0.2) is 15.8 Å². The van der Waals surface area contributed by atoms with Gasteiger partial charge in [-0.25, -0.2) is 9.59 Å². The number of aliphatic carboxylic acids is 1. The van der Waals surface area contributed by atoms with Gasteiger partial charge in [-0.3, -0.25) is 14.3 Å². The fourth-order valence-electron chi connectivity index (χ4n) is 1.68. The Morgan fingerprint density at radius 1 is 1.53 bits per heavy atom. The maximum atomic E-state index is 13.0. The SMILES string of the molecule is O=C(O)[C@@H]1CC[C@@H](n2cc(F)c(=O)[nH]c2=O)O1. The van der Waals surface area contributed by atoms with E-state index in [9.17, 15) is 18.8 Å². The second-order valence-corrected chi connectivity index (χ2v) is 3.64. The van der Waals surface area contributed by atoms with Crippen molar-refractivity contribution in [1.29, 1.82) is 0 Å². The number of hydrogen-bond acceptors (Lipinski definition) is 4. The molecule has 0 radical (unpaired) electrons. The first kappa shape index (κ1) is 11.5. The molecule has 0 aliphatic carbocycles. The Morgan fingerprint density at radius 2 is 2.24 bits per heavy atom. The van der Waals surface area contributed by atoms with Crippen molar-refractivity contribution in [2.24, 2.45) is 0 Å². The maximum Gasteiger partial charge on any atom is 0.332 e. The van der Waals surface area contributed by atoms with Crippen molar-refractivity contribution in [1.82, 2.24) is 9.55 Å². The highest BCUT2D eigenvalue weighted by Crippen LogP contribution is 2.26. The number of halogens is 1. The third-order valence-corrected chi connectivity index (χ3v) is 2.51. The molecule has 92 valence electrons. The van der Waals surface area contributed by atoms with E-state index in [0.29, 0.717) is 0 Å². The van der Waals surface area contributed by atoms with Crippen molar-refractivity contribution >= 4 is 5.97 Å². The zero-order chi connectivity index (χ0) is 12.6. The molecule has 1 saturated heterocycles. The second-order valence-electron chi connectivity index (χ2n) is 3.64. The van der Waals surface area contributed by atoms with E-state index in [1.54, 1.807) is 4.98 Å². The summed E-state index contributed by atoms with van der Waals surface area (Å²) >= 11 is 0. The zero-order valence-corrected chi connectivity index (χ0v) is 8.55. The molecular formula is C9H9FN2O5. The lowest BCUT2D eigenvalue weighted by molar-refractivity contribution is -0.151. The van der Waals surface area contributed by atoms with Gasteiger partial charge in [0.15, 0.2) is 6.10 Å². The summed E-state index contributed by atoms with van der Waals surface area (Å²) in [4.78, 5) is 34.6. The number of carboxylic acid groups (broad SMARTS) is 1. The molecule has 17 heavy (non-hydrogen) atoms. The third-order valence-electron chi connectivity index (χ3n) is 2.51. The molecule has 0 spiro atoms. The van der Waals surface area contributed by atoms with Crippen LogP contribution in [0.4, 0.5) is 4.39 Å². The number of nitrogens with one attached hydrogen (secondary N) is 1. The molecule has 0 saturated carbocycles. The van der Waals surface area contributed by atoms with E-state index in [1.165, 1.54) is 0 Å². The molecule has 0 bridgehead atoms. The van der Waals surface area contributed by atoms with Crippen LogP contribution in [0.1, 0.15) is 19.1 Å². The first-order chi connectivity index (χ1) is 7.99. The highest BCUT2D eigenvalue weighted by molar-refractivity contribution is 5.72. The summed E-state index contributed by atoms with van der Waals surface area (Å²) < 4.78 is 18.9. The number of aromatic nitrogens is 2. The van der Waals surface area contributed by atoms with Gasteiger partial charge in [0.05, 0.1) is 6.20 Å². The molecule has 2 atom stereocenters. The molecular weight excluding hydrogens is 235 g/mol. The van der Waals surface area contributed by atoms with Crippen LogP contribution >= 0.6 is 0 Å². The fourth-order valence-corrected chi connectivity index (χ4v) is 1.68. The number of H-pyrrole nitrogens is 1. The van der Waals surface area contributed by atoms with E-state index in [1.807, 2.05) is 0 Å². The van der Waals surface area contributed by atoms with Crippen molar-refractivity contribution in [2.45, 2.75) is 25.2 Å². The van der Waals surface area contributed by atoms with Gasteiger partial charge < -0.3 is 9.84 Å². The lowest BCUT2D eigenvalue weighted by atomic mass is 10.2. The van der Waals surface area contributed by atoms with Crippen LogP contribution in [0.25, 0.3) is 0 Å². The molecule has 2 rings (SSSR count). The molecule has 2 heterocycles. The largest absolute Gasteiger partial charge is 0.479 e. The topological polar surface area (TPSA) is 101 Å². The Labute approximate surface area is 93.5 Å². The van der Waals surface area contributed by atoms with Gasteiger partial charge in [-0.15, -0.1) is 0 Å². The summed E-state index contributed by atoms with van der Waals surface area (Å²) in [5, 5.41) is 8.70. The predicted octanol–water partition coefficient (Wildman–Crippen LogP) is -0.562. The molecule has 7 nitrogen and oxygen atoms in total. The minimum absolute atomic E-state index is 0.229. The van der Waals surface area contributed by atoms with E-state index >= 15 is 0 Å². The molecule has 1 aliphatic heterocycles. The number of nitrogens with zero attached hydrogens (tertiary/aromatic N) is 1. The molecule has 1 aromatic rings. The molecule has 2 N–H and O–H groups in total. The Morgan fingerprint density at radius 3 is 2.82 bits per heavy atom. The number of carboxylic acids is 1. The summed E-state index contributed by atoms with van der Waals surface area (Å²) in [5.41, 5.74) is -1.94. The van der Waals surface area contributed by atoms with Crippen molar-refractivity contribution in [2.75, 3.05) is 0 Å². The van der Waals surface area contributed by atoms with Crippen LogP contribution in [0.3, 0.4) is 0 Å². The summed E-state index contributed by atoms with van der Waals surface area (Å²) in [6, 6.07) is 0. The van der Waals surface area contributed by atoms with Crippen molar-refractivity contribution in [3.63, 3.8) is 0 Å². The highest BCUT2D eigenvalue weighted by Gasteiger charge is 2.32. The molecule has 0 amide bonds. The van der Waals surface area contributed by atoms with Crippen molar-refractivity contribution in [3.8, 4) is 0 Å². The van der Waals surface area contributed by atoms with Crippen LogP contribution in [0.2, 0.25) is 0 Å². The normalized spacial score (nSPS) is 23.8. The number of hydrogen-bond donors (Lipinski definition) is 2. The first-order valence-electron chi connectivity index (χ1n) is 4.88. The average Bonchev–Trinajstić information content (AvgIpc) is 2.72. The number of aromatic amines is 1. The van der Waals surface area contributed by atoms with Gasteiger partial charge in [0.1, 0.15) is 6.23 Å². The third kappa shape index (κ3) is 2.11. The van der Waals surface area contributed by atoms with Crippen molar-refractivity contribution in [3.05, 3.63) is 32.9 Å². The highest BCUT2D eigenvalue weighted by atomic mass is 19.1. The van der Waals surface area contributed by atoms with Gasteiger partial charge in [-0.05, 0) is 12.8 Å². The van der Waals surface area contributed by atoms with E-state index in [-0.39, 0.29) is 12.8 Å². The van der Waals surface area contributed by atoms with Gasteiger partial charge in [0, 0.05) is 0 Å². The number of ether oxygens (including phenoxy) is 1. The Bertz CT molecular complexity index is 563. The summed E-state index contributed by atoms with van der Waals surface area (Å²) in [5.74, 6) is -2.25. The maximum absolute atomic E-state index is 13.0. The van der Waals surface area contributed by atoms with Crippen LogP contribution in [-0.4, -0.2) is 26.7 Å². The average molecular weight is 244 g/mol. The quantitative estimate of drug-likeness (QED) is 0.726. The van der Waals surface area contributed by atoms with Crippen molar-refractivity contribution < 1.29 is 19.0 Å². The summed E-state index contributed by atoms with van der Waals surface area (Å²) in [6.45, 7) is 0. The lowest BCUT2D eigenvalue weighted by Crippen LogP contribution is -2.34. The fraction of sp³-hybridized carbons (Fsp3) is 0.444. The van der Waals surface area contributed by atoms with Crippen LogP contribution < -0.4 is 11.2 Å². The van der Waals surface area contributed by atoms with Crippen LogP contribution in [0, 0.1) is 5.82 Å². The molecule has 1 aromatic heterocycles. The van der Waals surface area contributed by atoms with E-state index in [4.69, 9.17) is 9.84 Å². The van der Waals surface area contributed by atoms with E-state index < -0.39 is 35.4 Å². The second kappa shape index (κ2) is 4.13. The molecule has 0 aromatic carbocycles.